The summed E-state index contributed by atoms with van der Waals surface area (Å²) >= 11 is 19.1. The van der Waals surface area contributed by atoms with E-state index in [-0.39, 0.29) is 11.7 Å². The molecule has 1 amide bonds. The van der Waals surface area contributed by atoms with Crippen molar-refractivity contribution in [2.24, 2.45) is 0 Å². The van der Waals surface area contributed by atoms with Gasteiger partial charge in [0.15, 0.2) is 5.82 Å². The Hall–Kier alpha value is -1.73. The molecule has 1 heterocycles. The van der Waals surface area contributed by atoms with Crippen LogP contribution in [0.4, 0.5) is 5.69 Å². The summed E-state index contributed by atoms with van der Waals surface area (Å²) in [6.45, 7) is 0. The van der Waals surface area contributed by atoms with E-state index in [1.54, 1.807) is 24.3 Å². The number of benzene rings is 2. The van der Waals surface area contributed by atoms with Gasteiger partial charge in [-0.3, -0.25) is 9.89 Å². The molecule has 3 aromatic rings. The van der Waals surface area contributed by atoms with Gasteiger partial charge in [-0.1, -0.05) is 58.7 Å². The largest absolute Gasteiger partial charge is 0.325 e. The van der Waals surface area contributed by atoms with E-state index in [2.05, 4.69) is 20.5 Å². The van der Waals surface area contributed by atoms with Gasteiger partial charge in [-0.2, -0.15) is 0 Å². The molecule has 0 saturated heterocycles. The van der Waals surface area contributed by atoms with Crippen molar-refractivity contribution in [3.05, 3.63) is 57.5 Å². The number of nitrogens with one attached hydrogen (secondary N) is 2. The number of nitrogens with zero attached hydrogens (tertiary/aromatic N) is 2. The molecule has 0 radical (unpaired) electrons. The maximum atomic E-state index is 12.0. The van der Waals surface area contributed by atoms with Crippen molar-refractivity contribution in [1.82, 2.24) is 15.2 Å². The summed E-state index contributed by atoms with van der Waals surface area (Å²) in [6.07, 6.45) is 0. The predicted molar refractivity (Wildman–Crippen MR) is 103 cm³/mol. The predicted octanol–water partition coefficient (Wildman–Crippen LogP) is 5.16. The first-order chi connectivity index (χ1) is 12.0. The lowest BCUT2D eigenvalue weighted by molar-refractivity contribution is -0.113. The molecule has 0 fully saturated rings. The van der Waals surface area contributed by atoms with Crippen LogP contribution in [0.25, 0.3) is 11.4 Å². The molecule has 0 aliphatic heterocycles. The highest BCUT2D eigenvalue weighted by atomic mass is 35.5. The summed E-state index contributed by atoms with van der Waals surface area (Å²) in [7, 11) is 0. The first-order valence-corrected chi connectivity index (χ1v) is 9.20. The number of amides is 1. The molecule has 25 heavy (non-hydrogen) atoms. The molecule has 2 N–H and O–H groups in total. The molecule has 1 aromatic heterocycles. The average molecular weight is 414 g/mol. The molecule has 5 nitrogen and oxygen atoms in total. The van der Waals surface area contributed by atoms with Gasteiger partial charge in [0.2, 0.25) is 11.1 Å². The smallest absolute Gasteiger partial charge is 0.234 e. The van der Waals surface area contributed by atoms with Gasteiger partial charge in [0.05, 0.1) is 20.8 Å². The second-order valence-corrected chi connectivity index (χ2v) is 7.08. The van der Waals surface area contributed by atoms with Crippen LogP contribution in [0.1, 0.15) is 0 Å². The number of rotatable bonds is 5. The normalized spacial score (nSPS) is 10.7. The summed E-state index contributed by atoms with van der Waals surface area (Å²) < 4.78 is 0. The Morgan fingerprint density at radius 1 is 1.08 bits per heavy atom. The fraction of sp³-hybridized carbons (Fsp3) is 0.0625. The fourth-order valence-corrected chi connectivity index (χ4v) is 3.11. The average Bonchev–Trinajstić information content (AvgIpc) is 3.05. The topological polar surface area (TPSA) is 70.7 Å². The lowest BCUT2D eigenvalue weighted by Crippen LogP contribution is -2.14. The third-order valence-corrected chi connectivity index (χ3v) is 5.05. The Labute approximate surface area is 163 Å². The number of anilines is 1. The van der Waals surface area contributed by atoms with Crippen molar-refractivity contribution < 1.29 is 4.79 Å². The van der Waals surface area contributed by atoms with E-state index in [1.165, 1.54) is 11.8 Å². The van der Waals surface area contributed by atoms with Crippen molar-refractivity contribution in [1.29, 1.82) is 0 Å². The number of carbonyl (C=O) groups excluding carboxylic acids is 1. The molecule has 0 spiro atoms. The first-order valence-electron chi connectivity index (χ1n) is 7.08. The third kappa shape index (κ3) is 4.67. The Morgan fingerprint density at radius 2 is 1.88 bits per heavy atom. The molecule has 0 aliphatic carbocycles. The van der Waals surface area contributed by atoms with E-state index in [1.807, 2.05) is 18.2 Å². The van der Waals surface area contributed by atoms with Crippen molar-refractivity contribution in [3.8, 4) is 11.4 Å². The van der Waals surface area contributed by atoms with E-state index >= 15 is 0 Å². The van der Waals surface area contributed by atoms with Gasteiger partial charge >= 0.3 is 0 Å². The highest BCUT2D eigenvalue weighted by Gasteiger charge is 2.11. The van der Waals surface area contributed by atoms with Gasteiger partial charge in [0, 0.05) is 11.3 Å². The number of hydrogen-bond donors (Lipinski definition) is 2. The molecule has 0 atom stereocenters. The van der Waals surface area contributed by atoms with Crippen LogP contribution in [0.2, 0.25) is 15.1 Å². The molecule has 2 aromatic carbocycles. The second-order valence-electron chi connectivity index (χ2n) is 4.91. The summed E-state index contributed by atoms with van der Waals surface area (Å²) in [5.74, 6) is 0.505. The Morgan fingerprint density at radius 3 is 2.64 bits per heavy atom. The standard InChI is InChI=1S/C16H11Cl3N4OS/c17-11-4-2-1-3-10(11)15-21-16(23-22-15)25-8-14(24)20-9-5-6-12(18)13(19)7-9/h1-7H,8H2,(H,20,24)(H,21,22,23). The Kier molecular flexibility index (Phi) is 5.86. The zero-order chi connectivity index (χ0) is 17.8. The summed E-state index contributed by atoms with van der Waals surface area (Å²) in [6, 6.07) is 12.2. The van der Waals surface area contributed by atoms with Crippen LogP contribution < -0.4 is 5.32 Å². The molecule has 0 saturated carbocycles. The zero-order valence-corrected chi connectivity index (χ0v) is 15.7. The molecular weight excluding hydrogens is 403 g/mol. The monoisotopic (exact) mass is 412 g/mol. The number of halogens is 3. The number of carbonyl (C=O) groups is 1. The van der Waals surface area contributed by atoms with E-state index in [4.69, 9.17) is 34.8 Å². The van der Waals surface area contributed by atoms with E-state index in [9.17, 15) is 4.79 Å². The number of aromatic amines is 1. The molecular formula is C16H11Cl3N4OS. The number of aromatic nitrogens is 3. The third-order valence-electron chi connectivity index (χ3n) is 3.13. The maximum absolute atomic E-state index is 12.0. The van der Waals surface area contributed by atoms with Crippen LogP contribution in [0.5, 0.6) is 0 Å². The molecule has 0 unspecified atom stereocenters. The van der Waals surface area contributed by atoms with E-state index < -0.39 is 0 Å². The van der Waals surface area contributed by atoms with Crippen molar-refractivity contribution in [3.63, 3.8) is 0 Å². The minimum absolute atomic E-state index is 0.153. The first kappa shape index (κ1) is 18.1. The van der Waals surface area contributed by atoms with Gasteiger partial charge in [-0.25, -0.2) is 4.98 Å². The van der Waals surface area contributed by atoms with Crippen molar-refractivity contribution in [2.45, 2.75) is 5.16 Å². The van der Waals surface area contributed by atoms with Crippen LogP contribution >= 0.6 is 46.6 Å². The van der Waals surface area contributed by atoms with Crippen molar-refractivity contribution >= 4 is 58.2 Å². The SMILES string of the molecule is O=C(CSc1n[nH]c(-c2ccccc2Cl)n1)Nc1ccc(Cl)c(Cl)c1. The number of hydrogen-bond acceptors (Lipinski definition) is 4. The van der Waals surface area contributed by atoms with Crippen LogP contribution in [-0.2, 0) is 4.79 Å². The number of thioether (sulfide) groups is 1. The molecule has 0 bridgehead atoms. The van der Waals surface area contributed by atoms with E-state index in [0.29, 0.717) is 31.7 Å². The van der Waals surface area contributed by atoms with Crippen LogP contribution in [0, 0.1) is 0 Å². The Balaban J connectivity index is 1.59. The highest BCUT2D eigenvalue weighted by molar-refractivity contribution is 7.99. The van der Waals surface area contributed by atoms with E-state index in [0.717, 1.165) is 5.56 Å². The minimum Gasteiger partial charge on any atom is -0.325 e. The number of H-pyrrole nitrogens is 1. The lowest BCUT2D eigenvalue weighted by atomic mass is 10.2. The summed E-state index contributed by atoms with van der Waals surface area (Å²) in [5, 5.41) is 11.5. The maximum Gasteiger partial charge on any atom is 0.234 e. The van der Waals surface area contributed by atoms with Crippen LogP contribution in [0.15, 0.2) is 47.6 Å². The van der Waals surface area contributed by atoms with Crippen LogP contribution in [-0.4, -0.2) is 26.8 Å². The quantitative estimate of drug-likeness (QED) is 0.567. The summed E-state index contributed by atoms with van der Waals surface area (Å²) in [5.41, 5.74) is 1.33. The molecule has 9 heteroatoms. The van der Waals surface area contributed by atoms with Gasteiger partial charge < -0.3 is 5.32 Å². The lowest BCUT2D eigenvalue weighted by Gasteiger charge is -2.05. The Bertz CT molecular complexity index is 916. The van der Waals surface area contributed by atoms with Crippen molar-refractivity contribution in [2.75, 3.05) is 11.1 Å². The summed E-state index contributed by atoms with van der Waals surface area (Å²) in [4.78, 5) is 16.4. The van der Waals surface area contributed by atoms with Crippen LogP contribution in [0.3, 0.4) is 0 Å². The molecule has 3 rings (SSSR count). The molecule has 0 aliphatic rings. The fourth-order valence-electron chi connectivity index (χ4n) is 1.99. The van der Waals surface area contributed by atoms with Gasteiger partial charge in [-0.15, -0.1) is 5.10 Å². The van der Waals surface area contributed by atoms with Gasteiger partial charge in [0.1, 0.15) is 0 Å². The van der Waals surface area contributed by atoms with Gasteiger partial charge in [0.25, 0.3) is 0 Å². The highest BCUT2D eigenvalue weighted by Crippen LogP contribution is 2.27. The minimum atomic E-state index is -0.201. The zero-order valence-electron chi connectivity index (χ0n) is 12.6. The van der Waals surface area contributed by atoms with Gasteiger partial charge in [-0.05, 0) is 30.3 Å². The second kappa shape index (κ2) is 8.10. The molecule has 128 valence electrons.